The molecule has 0 aliphatic rings. The number of carbonyl (C=O) groups excluding carboxylic acids is 1. The second-order valence-corrected chi connectivity index (χ2v) is 5.89. The maximum absolute atomic E-state index is 11.9. The summed E-state index contributed by atoms with van der Waals surface area (Å²) in [5, 5.41) is 14.9. The molecule has 0 heterocycles. The van der Waals surface area contributed by atoms with Crippen molar-refractivity contribution in [1.29, 1.82) is 0 Å². The van der Waals surface area contributed by atoms with Gasteiger partial charge in [-0.05, 0) is 45.2 Å². The van der Waals surface area contributed by atoms with Crippen LogP contribution in [0, 0.1) is 0 Å². The maximum Gasteiger partial charge on any atom is 0.326 e. The van der Waals surface area contributed by atoms with Gasteiger partial charge in [-0.3, -0.25) is 4.79 Å². The van der Waals surface area contributed by atoms with Crippen LogP contribution in [-0.2, 0) is 9.59 Å². The number of carbonyl (C=O) groups is 2. The van der Waals surface area contributed by atoms with E-state index in [1.807, 2.05) is 0 Å². The third-order valence-corrected chi connectivity index (χ3v) is 3.39. The molecule has 1 amide bonds. The van der Waals surface area contributed by atoms with Gasteiger partial charge in [-0.15, -0.1) is 0 Å². The van der Waals surface area contributed by atoms with Gasteiger partial charge in [-0.2, -0.15) is 0 Å². The van der Waals surface area contributed by atoms with E-state index in [0.717, 1.165) is 25.8 Å². The third-order valence-electron chi connectivity index (χ3n) is 3.39. The van der Waals surface area contributed by atoms with Gasteiger partial charge in [-0.1, -0.05) is 20.3 Å². The first-order chi connectivity index (χ1) is 10.4. The molecule has 0 aromatic carbocycles. The average molecular weight is 316 g/mol. The number of amides is 1. The van der Waals surface area contributed by atoms with E-state index in [1.54, 1.807) is 0 Å². The maximum atomic E-state index is 11.9. The highest BCUT2D eigenvalue weighted by Crippen LogP contribution is 2.03. The van der Waals surface area contributed by atoms with Gasteiger partial charge in [0.1, 0.15) is 6.04 Å². The van der Waals surface area contributed by atoms with Gasteiger partial charge in [0.15, 0.2) is 0 Å². The molecule has 0 aromatic heterocycles. The van der Waals surface area contributed by atoms with E-state index >= 15 is 0 Å². The smallest absolute Gasteiger partial charge is 0.326 e. The van der Waals surface area contributed by atoms with Crippen molar-refractivity contribution in [2.45, 2.75) is 70.5 Å². The summed E-state index contributed by atoms with van der Waals surface area (Å²) >= 11 is 0. The summed E-state index contributed by atoms with van der Waals surface area (Å²) in [5.74, 6) is -1.42. The first-order valence-electron chi connectivity index (χ1n) is 8.10. The van der Waals surface area contributed by atoms with Crippen molar-refractivity contribution < 1.29 is 14.7 Å². The van der Waals surface area contributed by atoms with E-state index in [2.05, 4.69) is 24.5 Å². The van der Waals surface area contributed by atoms with Crippen LogP contribution in [0.3, 0.4) is 0 Å². The Balaban J connectivity index is 4.01. The van der Waals surface area contributed by atoms with Crippen LogP contribution >= 0.6 is 0 Å². The van der Waals surface area contributed by atoms with Crippen molar-refractivity contribution in [3.8, 4) is 0 Å². The Kier molecular flexibility index (Phi) is 11.7. The molecule has 7 nitrogen and oxygen atoms in total. The molecule has 0 aromatic rings. The molecule has 7 heteroatoms. The summed E-state index contributed by atoms with van der Waals surface area (Å²) in [5.41, 5.74) is 11.2. The van der Waals surface area contributed by atoms with Crippen molar-refractivity contribution in [2.24, 2.45) is 11.5 Å². The fraction of sp³-hybridized carbons (Fsp3) is 0.867. The summed E-state index contributed by atoms with van der Waals surface area (Å²) in [6.07, 6.45) is 4.12. The predicted octanol–water partition coefficient (Wildman–Crippen LogP) is 0.180. The number of hydrogen-bond donors (Lipinski definition) is 5. The van der Waals surface area contributed by atoms with Gasteiger partial charge < -0.3 is 27.2 Å². The van der Waals surface area contributed by atoms with E-state index in [0.29, 0.717) is 31.8 Å². The lowest BCUT2D eigenvalue weighted by Crippen LogP contribution is -2.48. The van der Waals surface area contributed by atoms with Gasteiger partial charge in [0.05, 0.1) is 6.04 Å². The molecule has 0 saturated carbocycles. The number of nitrogens with one attached hydrogen (secondary N) is 2. The Bertz CT molecular complexity index is 324. The highest BCUT2D eigenvalue weighted by molar-refractivity contribution is 5.86. The van der Waals surface area contributed by atoms with Crippen molar-refractivity contribution in [3.05, 3.63) is 0 Å². The van der Waals surface area contributed by atoms with Crippen molar-refractivity contribution in [3.63, 3.8) is 0 Å². The predicted molar refractivity (Wildman–Crippen MR) is 87.4 cm³/mol. The fourth-order valence-electron chi connectivity index (χ4n) is 2.04. The van der Waals surface area contributed by atoms with Crippen molar-refractivity contribution in [2.75, 3.05) is 13.1 Å². The van der Waals surface area contributed by atoms with Gasteiger partial charge in [0.25, 0.3) is 0 Å². The average Bonchev–Trinajstić information content (AvgIpc) is 2.45. The Morgan fingerprint density at radius 1 is 1.09 bits per heavy atom. The molecule has 2 atom stereocenters. The zero-order valence-corrected chi connectivity index (χ0v) is 13.8. The SMILES string of the molecule is CC(C)NCCCC[C@H](N)C(=O)N[C@@H](CCCCN)C(=O)O. The molecule has 0 spiro atoms. The van der Waals surface area contributed by atoms with Gasteiger partial charge in [0.2, 0.25) is 5.91 Å². The van der Waals surface area contributed by atoms with Gasteiger partial charge in [0, 0.05) is 6.04 Å². The van der Waals surface area contributed by atoms with E-state index < -0.39 is 24.0 Å². The third kappa shape index (κ3) is 10.5. The molecular formula is C15H32N4O3. The van der Waals surface area contributed by atoms with E-state index in [4.69, 9.17) is 16.6 Å². The summed E-state index contributed by atoms with van der Waals surface area (Å²) in [4.78, 5) is 23.0. The van der Waals surface area contributed by atoms with Crippen LogP contribution in [0.25, 0.3) is 0 Å². The number of aliphatic carboxylic acids is 1. The fourth-order valence-corrected chi connectivity index (χ4v) is 2.04. The molecule has 0 fully saturated rings. The van der Waals surface area contributed by atoms with Crippen LogP contribution in [0.15, 0.2) is 0 Å². The number of hydrogen-bond acceptors (Lipinski definition) is 5. The highest BCUT2D eigenvalue weighted by atomic mass is 16.4. The van der Waals surface area contributed by atoms with Crippen LogP contribution in [0.4, 0.5) is 0 Å². The number of nitrogens with two attached hydrogens (primary N) is 2. The number of rotatable bonds is 13. The summed E-state index contributed by atoms with van der Waals surface area (Å²) < 4.78 is 0. The lowest BCUT2D eigenvalue weighted by molar-refractivity contribution is -0.142. The molecule has 0 saturated heterocycles. The second-order valence-electron chi connectivity index (χ2n) is 5.89. The van der Waals surface area contributed by atoms with E-state index in [-0.39, 0.29) is 0 Å². The number of unbranched alkanes of at least 4 members (excludes halogenated alkanes) is 2. The monoisotopic (exact) mass is 316 g/mol. The highest BCUT2D eigenvalue weighted by Gasteiger charge is 2.22. The molecular weight excluding hydrogens is 284 g/mol. The standard InChI is InChI=1S/C15H32N4O3/c1-11(2)18-10-6-4-7-12(17)14(20)19-13(15(21)22)8-3-5-9-16/h11-13,18H,3-10,16-17H2,1-2H3,(H,19,20)(H,21,22)/t12-,13-/m0/s1. The molecule has 0 rings (SSSR count). The van der Waals surface area contributed by atoms with Gasteiger partial charge in [-0.25, -0.2) is 4.79 Å². The Hall–Kier alpha value is -1.18. The number of carboxylic acids is 1. The molecule has 130 valence electrons. The minimum Gasteiger partial charge on any atom is -0.480 e. The van der Waals surface area contributed by atoms with Crippen LogP contribution in [0.5, 0.6) is 0 Å². The van der Waals surface area contributed by atoms with Crippen LogP contribution in [0.1, 0.15) is 52.4 Å². The Morgan fingerprint density at radius 2 is 1.73 bits per heavy atom. The quantitative estimate of drug-likeness (QED) is 0.308. The van der Waals surface area contributed by atoms with Crippen LogP contribution in [0.2, 0.25) is 0 Å². The first-order valence-corrected chi connectivity index (χ1v) is 8.10. The largest absolute Gasteiger partial charge is 0.480 e. The van der Waals surface area contributed by atoms with Crippen LogP contribution < -0.4 is 22.1 Å². The second kappa shape index (κ2) is 12.4. The van der Waals surface area contributed by atoms with Crippen LogP contribution in [-0.4, -0.2) is 48.2 Å². The van der Waals surface area contributed by atoms with Crippen molar-refractivity contribution >= 4 is 11.9 Å². The first kappa shape index (κ1) is 20.8. The number of carboxylic acid groups (broad SMARTS) is 1. The Morgan fingerprint density at radius 3 is 2.27 bits per heavy atom. The van der Waals surface area contributed by atoms with Crippen molar-refractivity contribution in [1.82, 2.24) is 10.6 Å². The van der Waals surface area contributed by atoms with Gasteiger partial charge >= 0.3 is 5.97 Å². The topological polar surface area (TPSA) is 130 Å². The minimum atomic E-state index is -1.03. The molecule has 0 bridgehead atoms. The normalized spacial score (nSPS) is 13.9. The molecule has 0 radical (unpaired) electrons. The lowest BCUT2D eigenvalue weighted by Gasteiger charge is -2.18. The Labute approximate surface area is 133 Å². The molecule has 0 aliphatic carbocycles. The minimum absolute atomic E-state index is 0.378. The molecule has 7 N–H and O–H groups in total. The zero-order chi connectivity index (χ0) is 17.0. The molecule has 0 aliphatic heterocycles. The zero-order valence-electron chi connectivity index (χ0n) is 13.8. The summed E-state index contributed by atoms with van der Waals surface area (Å²) in [6.45, 7) is 5.57. The lowest BCUT2D eigenvalue weighted by atomic mass is 10.1. The van der Waals surface area contributed by atoms with E-state index in [9.17, 15) is 9.59 Å². The van der Waals surface area contributed by atoms with E-state index in [1.165, 1.54) is 0 Å². The molecule has 0 unspecified atom stereocenters. The summed E-state index contributed by atoms with van der Waals surface area (Å²) in [7, 11) is 0. The molecule has 22 heavy (non-hydrogen) atoms. The summed E-state index contributed by atoms with van der Waals surface area (Å²) in [6, 6.07) is -1.09.